The molecule has 0 spiro atoms. The summed E-state index contributed by atoms with van der Waals surface area (Å²) in [6, 6.07) is 0. The first-order valence-corrected chi connectivity index (χ1v) is 9.63. The molecule has 4 nitrogen and oxygen atoms in total. The van der Waals surface area contributed by atoms with Gasteiger partial charge in [0.25, 0.3) is 0 Å². The molecule has 1 unspecified atom stereocenters. The summed E-state index contributed by atoms with van der Waals surface area (Å²) in [6.07, 6.45) is 3.04. The summed E-state index contributed by atoms with van der Waals surface area (Å²) in [6.45, 7) is 16.2. The quantitative estimate of drug-likeness (QED) is 0.349. The molecular weight excluding hydrogens is 293 g/mol. The van der Waals surface area contributed by atoms with Crippen molar-refractivity contribution in [3.63, 3.8) is 0 Å². The van der Waals surface area contributed by atoms with Gasteiger partial charge in [-0.2, -0.15) is 0 Å². The predicted molar refractivity (Wildman–Crippen MR) is 85.8 cm³/mol. The zero-order chi connectivity index (χ0) is 16.9. The van der Waals surface area contributed by atoms with Gasteiger partial charge in [0.15, 0.2) is 5.50 Å². The largest absolute Gasteiger partial charge is 0.746 e. The molecule has 0 N–H and O–H groups in total. The molecule has 21 heavy (non-hydrogen) atoms. The van der Waals surface area contributed by atoms with E-state index < -0.39 is 15.6 Å². The number of nitrogens with zero attached hydrogens (tertiary/aromatic N) is 1. The van der Waals surface area contributed by atoms with Crippen LogP contribution in [0, 0.1) is 0 Å². The standard InChI is InChI=1S/C8H20N.C7H15FO3S/c1-5-9(6-2,7-3)8-4;1-2-3-4-5-6-7(8)12(9,10)11/h5-8H2,1-4H3;7H,2-6H2,1H3,(H,9,10,11)/q+1;/p-1. The highest BCUT2D eigenvalue weighted by Crippen LogP contribution is 2.11. The van der Waals surface area contributed by atoms with Crippen LogP contribution in [0.4, 0.5) is 4.39 Å². The second-order valence-corrected chi connectivity index (χ2v) is 6.86. The molecule has 6 heteroatoms. The van der Waals surface area contributed by atoms with Gasteiger partial charge in [0.1, 0.15) is 10.1 Å². The molecule has 0 aliphatic carbocycles. The highest BCUT2D eigenvalue weighted by Gasteiger charge is 2.16. The molecule has 0 amide bonds. The van der Waals surface area contributed by atoms with Gasteiger partial charge in [-0.05, 0) is 40.5 Å². The molecule has 0 heterocycles. The molecule has 0 aromatic carbocycles. The molecule has 0 aromatic rings. The van der Waals surface area contributed by atoms with Crippen molar-refractivity contribution in [3.05, 3.63) is 0 Å². The van der Waals surface area contributed by atoms with Crippen LogP contribution in [-0.4, -0.2) is 49.1 Å². The van der Waals surface area contributed by atoms with Gasteiger partial charge in [0.2, 0.25) is 0 Å². The van der Waals surface area contributed by atoms with Crippen LogP contribution < -0.4 is 0 Å². The fourth-order valence-corrected chi connectivity index (χ4v) is 2.67. The Morgan fingerprint density at radius 1 is 0.905 bits per heavy atom. The number of quaternary nitrogens is 1. The molecule has 0 aliphatic rings. The van der Waals surface area contributed by atoms with E-state index in [4.69, 9.17) is 0 Å². The van der Waals surface area contributed by atoms with E-state index >= 15 is 0 Å². The van der Waals surface area contributed by atoms with E-state index in [-0.39, 0.29) is 6.42 Å². The van der Waals surface area contributed by atoms with Crippen LogP contribution in [-0.2, 0) is 10.1 Å². The third kappa shape index (κ3) is 11.1. The van der Waals surface area contributed by atoms with E-state index in [0.29, 0.717) is 6.42 Å². The molecule has 1 atom stereocenters. The van der Waals surface area contributed by atoms with Crippen molar-refractivity contribution in [2.24, 2.45) is 0 Å². The zero-order valence-corrected chi connectivity index (χ0v) is 15.2. The third-order valence-electron chi connectivity index (χ3n) is 4.28. The summed E-state index contributed by atoms with van der Waals surface area (Å²) < 4.78 is 43.9. The number of halogens is 1. The SMILES string of the molecule is CCCCCCC(F)S(=O)(=O)[O-].CC[N+](CC)(CC)CC. The minimum atomic E-state index is -4.71. The molecule has 130 valence electrons. The molecule has 0 aliphatic heterocycles. The summed E-state index contributed by atoms with van der Waals surface area (Å²) in [7, 11) is -4.71. The highest BCUT2D eigenvalue weighted by molar-refractivity contribution is 7.86. The number of alkyl halides is 1. The van der Waals surface area contributed by atoms with Gasteiger partial charge in [0, 0.05) is 0 Å². The average Bonchev–Trinajstić information content (AvgIpc) is 2.46. The summed E-state index contributed by atoms with van der Waals surface area (Å²) in [5.74, 6) is 0. The lowest BCUT2D eigenvalue weighted by atomic mass is 10.2. The van der Waals surface area contributed by atoms with Crippen LogP contribution in [0.1, 0.15) is 66.7 Å². The van der Waals surface area contributed by atoms with Crippen molar-refractivity contribution in [3.8, 4) is 0 Å². The van der Waals surface area contributed by atoms with Crippen LogP contribution in [0.25, 0.3) is 0 Å². The van der Waals surface area contributed by atoms with Crippen molar-refractivity contribution in [2.45, 2.75) is 72.2 Å². The lowest BCUT2D eigenvalue weighted by Gasteiger charge is -2.34. The second-order valence-electron chi connectivity index (χ2n) is 5.36. The first kappa shape index (κ1) is 23.1. The molecule has 0 saturated carbocycles. The molecule has 0 radical (unpaired) electrons. The Hall–Kier alpha value is -0.200. The fourth-order valence-electron chi connectivity index (χ4n) is 2.22. The molecule has 0 rings (SSSR count). The molecule has 0 fully saturated rings. The summed E-state index contributed by atoms with van der Waals surface area (Å²) in [4.78, 5) is 0. The van der Waals surface area contributed by atoms with Crippen molar-refractivity contribution < 1.29 is 21.8 Å². The minimum absolute atomic E-state index is 0.161. The van der Waals surface area contributed by atoms with Crippen molar-refractivity contribution in [1.82, 2.24) is 0 Å². The normalized spacial score (nSPS) is 13.5. The van der Waals surface area contributed by atoms with Crippen LogP contribution in [0.5, 0.6) is 0 Å². The van der Waals surface area contributed by atoms with Gasteiger partial charge >= 0.3 is 0 Å². The van der Waals surface area contributed by atoms with E-state index in [1.165, 1.54) is 30.7 Å². The van der Waals surface area contributed by atoms with Gasteiger partial charge in [0.05, 0.1) is 26.2 Å². The predicted octanol–water partition coefficient (Wildman–Crippen LogP) is 3.68. The van der Waals surface area contributed by atoms with Gasteiger partial charge in [-0.15, -0.1) is 0 Å². The number of hydrogen-bond donors (Lipinski definition) is 0. The number of unbranched alkanes of at least 4 members (excludes halogenated alkanes) is 3. The number of rotatable bonds is 10. The average molecular weight is 328 g/mol. The van der Waals surface area contributed by atoms with Crippen molar-refractivity contribution in [2.75, 3.05) is 26.2 Å². The minimum Gasteiger partial charge on any atom is -0.746 e. The van der Waals surface area contributed by atoms with Gasteiger partial charge in [-0.25, -0.2) is 12.8 Å². The molecular formula is C15H34FNO3S. The number of hydrogen-bond acceptors (Lipinski definition) is 3. The Morgan fingerprint density at radius 3 is 1.57 bits per heavy atom. The topological polar surface area (TPSA) is 57.2 Å². The van der Waals surface area contributed by atoms with Crippen molar-refractivity contribution in [1.29, 1.82) is 0 Å². The van der Waals surface area contributed by atoms with Gasteiger partial charge < -0.3 is 9.04 Å². The first-order valence-electron chi connectivity index (χ1n) is 8.16. The van der Waals surface area contributed by atoms with Crippen molar-refractivity contribution >= 4 is 10.1 Å². The summed E-state index contributed by atoms with van der Waals surface area (Å²) in [5, 5.41) is 0. The second kappa shape index (κ2) is 12.4. The Kier molecular flexibility index (Phi) is 13.6. The van der Waals surface area contributed by atoms with Crippen LogP contribution >= 0.6 is 0 Å². The highest BCUT2D eigenvalue weighted by atomic mass is 32.2. The molecule has 0 saturated heterocycles. The van der Waals surface area contributed by atoms with E-state index in [1.54, 1.807) is 0 Å². The van der Waals surface area contributed by atoms with E-state index in [1.807, 2.05) is 6.92 Å². The summed E-state index contributed by atoms with van der Waals surface area (Å²) in [5.41, 5.74) is -2.21. The Morgan fingerprint density at radius 2 is 1.33 bits per heavy atom. The van der Waals surface area contributed by atoms with Gasteiger partial charge in [-0.1, -0.05) is 26.2 Å². The fraction of sp³-hybridized carbons (Fsp3) is 1.00. The Labute approximate surface area is 131 Å². The Bertz CT molecular complexity index is 312. The van der Waals surface area contributed by atoms with Crippen LogP contribution in [0.3, 0.4) is 0 Å². The van der Waals surface area contributed by atoms with E-state index in [0.717, 1.165) is 19.3 Å². The maximum Gasteiger partial charge on any atom is 0.189 e. The Balaban J connectivity index is 0. The maximum atomic E-state index is 12.4. The van der Waals surface area contributed by atoms with E-state index in [2.05, 4.69) is 27.7 Å². The maximum absolute atomic E-state index is 12.4. The monoisotopic (exact) mass is 327 g/mol. The first-order chi connectivity index (χ1) is 9.72. The molecule has 0 bridgehead atoms. The lowest BCUT2D eigenvalue weighted by molar-refractivity contribution is -0.921. The van der Waals surface area contributed by atoms with E-state index in [9.17, 15) is 17.4 Å². The lowest BCUT2D eigenvalue weighted by Crippen LogP contribution is -2.47. The van der Waals surface area contributed by atoms with Gasteiger partial charge in [-0.3, -0.25) is 0 Å². The molecule has 0 aromatic heterocycles. The smallest absolute Gasteiger partial charge is 0.189 e. The van der Waals surface area contributed by atoms with Crippen LogP contribution in [0.2, 0.25) is 0 Å². The summed E-state index contributed by atoms with van der Waals surface area (Å²) >= 11 is 0. The van der Waals surface area contributed by atoms with Crippen LogP contribution in [0.15, 0.2) is 0 Å². The third-order valence-corrected chi connectivity index (χ3v) is 5.14. The zero-order valence-electron chi connectivity index (χ0n) is 14.4.